The van der Waals surface area contributed by atoms with E-state index in [0.717, 1.165) is 107 Å². The molecule has 0 aliphatic carbocycles. The van der Waals surface area contributed by atoms with E-state index in [1.807, 2.05) is 26.8 Å². The number of rotatable bonds is 54. The molecule has 2 rings (SSSR count). The summed E-state index contributed by atoms with van der Waals surface area (Å²) in [6.07, 6.45) is 45.0. The van der Waals surface area contributed by atoms with Gasteiger partial charge in [-0.3, -0.25) is 24.0 Å². The Morgan fingerprint density at radius 2 is 0.964 bits per heavy atom. The number of unbranched alkanes of at least 4 members (excludes halogenated alkanes) is 31. The third-order valence-corrected chi connectivity index (χ3v) is 16.6. The smallest absolute Gasteiger partial charge is 0.342 e. The number of hydrogen-bond donors (Lipinski definition) is 0. The van der Waals surface area contributed by atoms with E-state index >= 15 is 0 Å². The summed E-state index contributed by atoms with van der Waals surface area (Å²) in [5, 5.41) is 0. The van der Waals surface area contributed by atoms with Gasteiger partial charge in [0.15, 0.2) is 11.9 Å². The Balaban J connectivity index is 1.74. The van der Waals surface area contributed by atoms with Gasteiger partial charge in [0.2, 0.25) is 0 Å². The minimum absolute atomic E-state index is 0.0874. The van der Waals surface area contributed by atoms with Crippen molar-refractivity contribution >= 4 is 35.8 Å². The van der Waals surface area contributed by atoms with Crippen LogP contribution in [0.25, 0.3) is 0 Å². The molecule has 0 saturated heterocycles. The summed E-state index contributed by atoms with van der Waals surface area (Å²) in [7, 11) is 2.92. The molecule has 476 valence electrons. The Bertz CT molecular complexity index is 1930. The number of methoxy groups -OCH3 is 2. The van der Waals surface area contributed by atoms with Crippen molar-refractivity contribution in [2.24, 2.45) is 11.8 Å². The quantitative estimate of drug-likeness (QED) is 0.0199. The Kier molecular flexibility index (Phi) is 43.9. The number of carbonyl (C=O) groups excluding carboxylic acids is 6. The van der Waals surface area contributed by atoms with Crippen LogP contribution in [0, 0.1) is 18.8 Å². The molecule has 1 aromatic rings. The minimum atomic E-state index is -0.840. The normalized spacial score (nSPS) is 12.9. The van der Waals surface area contributed by atoms with E-state index in [0.29, 0.717) is 49.0 Å². The summed E-state index contributed by atoms with van der Waals surface area (Å²) in [6, 6.07) is 0. The molecule has 0 fully saturated rings. The average Bonchev–Trinajstić information content (AvgIpc) is 4.11. The number of benzene rings is 1. The van der Waals surface area contributed by atoms with E-state index in [9.17, 15) is 28.8 Å². The van der Waals surface area contributed by atoms with Crippen molar-refractivity contribution < 1.29 is 61.9 Å². The standard InChI is InChI=1S/C70H118O13/c1-9-11-13-15-17-19-21-23-25-27-33-37-41-45-63(72)79-52-59(53-80-64(73)46-42-38-34-28-26-24-22-20-18-16-14-12-10-2)82-65(74)51-56(4)43-39-35-31-29-30-32-36-40-44-57(5)69(75)83-68-60(49-47-55(3)48-50-62(71)77-7)67(78-8)58(6)61-54-81-70(76)66(61)68/h47,56-57,59H,9-46,48-54H2,1-8H3/b55-47+. The molecular formula is C70H118O13. The lowest BCUT2D eigenvalue weighted by Gasteiger charge is -2.20. The van der Waals surface area contributed by atoms with Gasteiger partial charge < -0.3 is 33.2 Å². The summed E-state index contributed by atoms with van der Waals surface area (Å²) in [5.41, 5.74) is 3.26. The summed E-state index contributed by atoms with van der Waals surface area (Å²) >= 11 is 0. The van der Waals surface area contributed by atoms with Gasteiger partial charge in [-0.1, -0.05) is 251 Å². The lowest BCUT2D eigenvalue weighted by molar-refractivity contribution is -0.167. The van der Waals surface area contributed by atoms with Crippen LogP contribution in [0.4, 0.5) is 0 Å². The molecule has 0 spiro atoms. The molecular weight excluding hydrogens is 1050 g/mol. The van der Waals surface area contributed by atoms with Crippen LogP contribution in [-0.2, 0) is 60.7 Å². The molecule has 1 aromatic carbocycles. The number of cyclic esters (lactones) is 1. The fourth-order valence-electron chi connectivity index (χ4n) is 11.1. The lowest BCUT2D eigenvalue weighted by atomic mass is 9.94. The number of hydrogen-bond acceptors (Lipinski definition) is 13. The topological polar surface area (TPSA) is 167 Å². The van der Waals surface area contributed by atoms with Crippen molar-refractivity contribution in [1.29, 1.82) is 0 Å². The molecule has 13 heteroatoms. The van der Waals surface area contributed by atoms with Crippen LogP contribution >= 0.6 is 0 Å². The van der Waals surface area contributed by atoms with E-state index in [1.165, 1.54) is 136 Å². The molecule has 0 amide bonds. The Morgan fingerprint density at radius 3 is 1.41 bits per heavy atom. The molecule has 0 saturated carbocycles. The Labute approximate surface area is 504 Å². The van der Waals surface area contributed by atoms with Crippen molar-refractivity contribution in [3.05, 3.63) is 33.9 Å². The molecule has 0 bridgehead atoms. The average molecular weight is 1170 g/mol. The van der Waals surface area contributed by atoms with Crippen LogP contribution in [0.15, 0.2) is 11.6 Å². The van der Waals surface area contributed by atoms with Gasteiger partial charge in [-0.2, -0.15) is 0 Å². The molecule has 83 heavy (non-hydrogen) atoms. The third-order valence-electron chi connectivity index (χ3n) is 16.6. The first-order valence-corrected chi connectivity index (χ1v) is 33.6. The zero-order valence-electron chi connectivity index (χ0n) is 53.9. The monoisotopic (exact) mass is 1170 g/mol. The number of ether oxygens (including phenoxy) is 7. The van der Waals surface area contributed by atoms with E-state index in [4.69, 9.17) is 33.2 Å². The zero-order chi connectivity index (χ0) is 60.7. The first-order chi connectivity index (χ1) is 40.3. The van der Waals surface area contributed by atoms with Gasteiger partial charge in [0.1, 0.15) is 31.1 Å². The third kappa shape index (κ3) is 35.6. The second kappa shape index (κ2) is 48.8. The highest BCUT2D eigenvalue weighted by Crippen LogP contribution is 2.43. The van der Waals surface area contributed by atoms with Crippen LogP contribution in [-0.4, -0.2) is 69.4 Å². The summed E-state index contributed by atoms with van der Waals surface area (Å²) in [5.74, 6) is -1.73. The fourth-order valence-corrected chi connectivity index (χ4v) is 11.1. The maximum Gasteiger partial charge on any atom is 0.342 e. The number of esters is 6. The molecule has 2 atom stereocenters. The molecule has 13 nitrogen and oxygen atoms in total. The largest absolute Gasteiger partial charge is 0.496 e. The van der Waals surface area contributed by atoms with Crippen LogP contribution in [0.3, 0.4) is 0 Å². The maximum atomic E-state index is 13.6. The van der Waals surface area contributed by atoms with Gasteiger partial charge >= 0.3 is 35.8 Å². The fraction of sp³-hybridized carbons (Fsp3) is 0.800. The van der Waals surface area contributed by atoms with Crippen molar-refractivity contribution in [3.8, 4) is 11.5 Å². The Morgan fingerprint density at radius 1 is 0.530 bits per heavy atom. The minimum Gasteiger partial charge on any atom is -0.496 e. The lowest BCUT2D eigenvalue weighted by Crippen LogP contribution is -2.31. The molecule has 0 aromatic heterocycles. The van der Waals surface area contributed by atoms with Gasteiger partial charge in [0.25, 0.3) is 0 Å². The van der Waals surface area contributed by atoms with Gasteiger partial charge in [-0.05, 0) is 57.4 Å². The molecule has 2 unspecified atom stereocenters. The second-order valence-electron chi connectivity index (χ2n) is 24.2. The van der Waals surface area contributed by atoms with Crippen LogP contribution in [0.5, 0.6) is 11.5 Å². The predicted molar refractivity (Wildman–Crippen MR) is 333 cm³/mol. The van der Waals surface area contributed by atoms with Gasteiger partial charge in [0.05, 0.1) is 20.1 Å². The van der Waals surface area contributed by atoms with Crippen molar-refractivity contribution in [3.63, 3.8) is 0 Å². The van der Waals surface area contributed by atoms with Crippen LogP contribution in [0.2, 0.25) is 0 Å². The summed E-state index contributed by atoms with van der Waals surface area (Å²) in [6.45, 7) is 12.1. The highest BCUT2D eigenvalue weighted by atomic mass is 16.6. The Hall–Kier alpha value is -4.42. The van der Waals surface area contributed by atoms with Crippen LogP contribution < -0.4 is 9.47 Å². The molecule has 0 radical (unpaired) electrons. The van der Waals surface area contributed by atoms with Crippen molar-refractivity contribution in [2.45, 2.75) is 324 Å². The predicted octanol–water partition coefficient (Wildman–Crippen LogP) is 18.5. The van der Waals surface area contributed by atoms with E-state index in [1.54, 1.807) is 7.11 Å². The highest BCUT2D eigenvalue weighted by Gasteiger charge is 2.35. The van der Waals surface area contributed by atoms with Crippen molar-refractivity contribution in [1.82, 2.24) is 0 Å². The van der Waals surface area contributed by atoms with Crippen LogP contribution in [0.1, 0.15) is 325 Å². The van der Waals surface area contributed by atoms with Crippen molar-refractivity contribution in [2.75, 3.05) is 27.4 Å². The number of fused-ring (bicyclic) bond motifs is 1. The van der Waals surface area contributed by atoms with Gasteiger partial charge in [-0.25, -0.2) is 4.79 Å². The molecule has 1 heterocycles. The molecule has 0 N–H and O–H groups in total. The second-order valence-corrected chi connectivity index (χ2v) is 24.2. The number of allylic oxidation sites excluding steroid dienone is 2. The van der Waals surface area contributed by atoms with E-state index in [-0.39, 0.29) is 79.7 Å². The summed E-state index contributed by atoms with van der Waals surface area (Å²) < 4.78 is 39.1. The first-order valence-electron chi connectivity index (χ1n) is 33.6. The maximum absolute atomic E-state index is 13.6. The van der Waals surface area contributed by atoms with Gasteiger partial charge in [0, 0.05) is 36.8 Å². The zero-order valence-corrected chi connectivity index (χ0v) is 53.9. The van der Waals surface area contributed by atoms with E-state index < -0.39 is 18.0 Å². The number of carbonyl (C=O) groups is 6. The highest BCUT2D eigenvalue weighted by molar-refractivity contribution is 5.99. The summed E-state index contributed by atoms with van der Waals surface area (Å²) in [4.78, 5) is 77.1. The molecule has 1 aliphatic heterocycles. The SMILES string of the molecule is CCCCCCCCCCCCCCCC(=O)OCC(COC(=O)CCCCCCCCCCCCCCC)OC(=O)CC(C)CCCCCCCCCCC(C)C(=O)Oc1c(C/C=C(\C)CCC(=O)OC)c(OC)c(C)c2c1C(=O)OC2. The van der Waals surface area contributed by atoms with Gasteiger partial charge in [-0.15, -0.1) is 0 Å². The molecule has 1 aliphatic rings. The van der Waals surface area contributed by atoms with E-state index in [2.05, 4.69) is 20.8 Å². The first kappa shape index (κ1) is 74.7.